The van der Waals surface area contributed by atoms with Gasteiger partial charge in [0.25, 0.3) is 0 Å². The number of carboxylic acid groups (broad SMARTS) is 1. The fraction of sp³-hybridized carbons (Fsp3) is 0.154. The Hall–Kier alpha value is -2.90. The van der Waals surface area contributed by atoms with Crippen molar-refractivity contribution in [2.45, 2.75) is 13.0 Å². The SMILES string of the molecule is CC(NC(=O)Nc1ccc(C(=O)O)cc1F)c1cn[nH]c1. The highest BCUT2D eigenvalue weighted by molar-refractivity contribution is 5.91. The molecule has 21 heavy (non-hydrogen) atoms. The van der Waals surface area contributed by atoms with Crippen LogP contribution in [0.15, 0.2) is 30.6 Å². The van der Waals surface area contributed by atoms with Gasteiger partial charge in [0, 0.05) is 11.8 Å². The first-order chi connectivity index (χ1) is 9.97. The highest BCUT2D eigenvalue weighted by Crippen LogP contribution is 2.16. The third-order valence-corrected chi connectivity index (χ3v) is 2.83. The summed E-state index contributed by atoms with van der Waals surface area (Å²) in [6, 6.07) is 2.33. The number of aromatic nitrogens is 2. The summed E-state index contributed by atoms with van der Waals surface area (Å²) in [4.78, 5) is 22.4. The van der Waals surface area contributed by atoms with Crippen molar-refractivity contribution in [2.75, 3.05) is 5.32 Å². The molecule has 0 saturated heterocycles. The monoisotopic (exact) mass is 292 g/mol. The summed E-state index contributed by atoms with van der Waals surface area (Å²) in [5.74, 6) is -2.06. The number of hydrogen-bond acceptors (Lipinski definition) is 3. The van der Waals surface area contributed by atoms with Gasteiger partial charge in [0.2, 0.25) is 0 Å². The van der Waals surface area contributed by atoms with E-state index >= 15 is 0 Å². The van der Waals surface area contributed by atoms with Gasteiger partial charge >= 0.3 is 12.0 Å². The molecule has 0 spiro atoms. The second kappa shape index (κ2) is 6.04. The lowest BCUT2D eigenvalue weighted by atomic mass is 10.2. The van der Waals surface area contributed by atoms with E-state index in [4.69, 9.17) is 5.11 Å². The molecule has 2 amide bonds. The molecule has 0 saturated carbocycles. The number of aromatic carboxylic acids is 1. The zero-order valence-corrected chi connectivity index (χ0v) is 11.1. The molecule has 1 aromatic heterocycles. The van der Waals surface area contributed by atoms with Crippen LogP contribution in [0.4, 0.5) is 14.9 Å². The number of aromatic amines is 1. The zero-order valence-electron chi connectivity index (χ0n) is 11.1. The molecule has 110 valence electrons. The topological polar surface area (TPSA) is 107 Å². The Balaban J connectivity index is 2.01. The van der Waals surface area contributed by atoms with E-state index in [0.29, 0.717) is 0 Å². The Kier molecular flexibility index (Phi) is 4.17. The van der Waals surface area contributed by atoms with Gasteiger partial charge in [-0.15, -0.1) is 0 Å². The molecule has 7 nitrogen and oxygen atoms in total. The highest BCUT2D eigenvalue weighted by atomic mass is 19.1. The summed E-state index contributed by atoms with van der Waals surface area (Å²) in [7, 11) is 0. The summed E-state index contributed by atoms with van der Waals surface area (Å²) in [5.41, 5.74) is 0.481. The Morgan fingerprint density at radius 2 is 2.19 bits per heavy atom. The molecule has 0 aliphatic heterocycles. The van der Waals surface area contributed by atoms with Crippen LogP contribution in [0.3, 0.4) is 0 Å². The van der Waals surface area contributed by atoms with E-state index < -0.39 is 17.8 Å². The van der Waals surface area contributed by atoms with Crippen LogP contribution in [0.2, 0.25) is 0 Å². The first kappa shape index (κ1) is 14.5. The molecular formula is C13H13FN4O3. The van der Waals surface area contributed by atoms with Gasteiger partial charge in [-0.25, -0.2) is 14.0 Å². The summed E-state index contributed by atoms with van der Waals surface area (Å²) < 4.78 is 13.7. The van der Waals surface area contributed by atoms with Crippen molar-refractivity contribution in [3.8, 4) is 0 Å². The number of carbonyl (C=O) groups excluding carboxylic acids is 1. The number of amides is 2. The quantitative estimate of drug-likeness (QED) is 0.692. The molecular weight excluding hydrogens is 279 g/mol. The number of rotatable bonds is 4. The zero-order chi connectivity index (χ0) is 15.4. The minimum Gasteiger partial charge on any atom is -0.478 e. The number of urea groups is 1. The fourth-order valence-electron chi connectivity index (χ4n) is 1.69. The van der Waals surface area contributed by atoms with Crippen molar-refractivity contribution in [2.24, 2.45) is 0 Å². The number of anilines is 1. The molecule has 4 N–H and O–H groups in total. The number of nitrogens with one attached hydrogen (secondary N) is 3. The van der Waals surface area contributed by atoms with E-state index in [9.17, 15) is 14.0 Å². The minimum absolute atomic E-state index is 0.100. The number of carboxylic acids is 1. The molecule has 0 fully saturated rings. The van der Waals surface area contributed by atoms with Crippen LogP contribution in [0.5, 0.6) is 0 Å². The molecule has 2 rings (SSSR count). The van der Waals surface area contributed by atoms with Crippen molar-refractivity contribution >= 4 is 17.7 Å². The van der Waals surface area contributed by atoms with E-state index in [2.05, 4.69) is 20.8 Å². The van der Waals surface area contributed by atoms with Gasteiger partial charge in [-0.3, -0.25) is 5.10 Å². The molecule has 1 atom stereocenters. The molecule has 1 unspecified atom stereocenters. The molecule has 0 bridgehead atoms. The van der Waals surface area contributed by atoms with Gasteiger partial charge in [0.1, 0.15) is 5.82 Å². The summed E-state index contributed by atoms with van der Waals surface area (Å²) in [6.45, 7) is 1.74. The molecule has 1 aromatic carbocycles. The normalized spacial score (nSPS) is 11.7. The molecule has 0 aliphatic rings. The lowest BCUT2D eigenvalue weighted by Gasteiger charge is -2.13. The molecule has 2 aromatic rings. The molecule has 0 aliphatic carbocycles. The molecule has 1 heterocycles. The van der Waals surface area contributed by atoms with Crippen molar-refractivity contribution in [3.63, 3.8) is 0 Å². The van der Waals surface area contributed by atoms with Crippen LogP contribution < -0.4 is 10.6 Å². The Morgan fingerprint density at radius 3 is 2.76 bits per heavy atom. The number of carbonyl (C=O) groups is 2. The highest BCUT2D eigenvalue weighted by Gasteiger charge is 2.13. The third-order valence-electron chi connectivity index (χ3n) is 2.83. The predicted octanol–water partition coefficient (Wildman–Crippen LogP) is 2.13. The first-order valence-electron chi connectivity index (χ1n) is 6.06. The smallest absolute Gasteiger partial charge is 0.335 e. The van der Waals surface area contributed by atoms with Gasteiger partial charge < -0.3 is 15.7 Å². The number of H-pyrrole nitrogens is 1. The van der Waals surface area contributed by atoms with E-state index in [1.165, 1.54) is 12.1 Å². The Bertz CT molecular complexity index is 657. The Labute approximate surface area is 119 Å². The van der Waals surface area contributed by atoms with Crippen molar-refractivity contribution in [3.05, 3.63) is 47.5 Å². The summed E-state index contributed by atoms with van der Waals surface area (Å²) in [5, 5.41) is 20.0. The van der Waals surface area contributed by atoms with E-state index in [0.717, 1.165) is 11.6 Å². The second-order valence-corrected chi connectivity index (χ2v) is 4.35. The standard InChI is InChI=1S/C13H13FN4O3/c1-7(9-5-15-16-6-9)17-13(21)18-11-3-2-8(12(19)20)4-10(11)14/h2-7H,1H3,(H,15,16)(H,19,20)(H2,17,18,21). The Morgan fingerprint density at radius 1 is 1.43 bits per heavy atom. The van der Waals surface area contributed by atoms with Crippen LogP contribution in [-0.2, 0) is 0 Å². The molecule has 0 radical (unpaired) electrons. The van der Waals surface area contributed by atoms with E-state index in [1.54, 1.807) is 19.3 Å². The van der Waals surface area contributed by atoms with Gasteiger partial charge in [-0.2, -0.15) is 5.10 Å². The van der Waals surface area contributed by atoms with Crippen molar-refractivity contribution in [1.29, 1.82) is 0 Å². The first-order valence-corrected chi connectivity index (χ1v) is 6.06. The number of halogens is 1. The maximum atomic E-state index is 13.7. The lowest BCUT2D eigenvalue weighted by Crippen LogP contribution is -2.31. The van der Waals surface area contributed by atoms with Crippen LogP contribution in [0.25, 0.3) is 0 Å². The van der Waals surface area contributed by atoms with E-state index in [-0.39, 0.29) is 17.3 Å². The van der Waals surface area contributed by atoms with Crippen LogP contribution >= 0.6 is 0 Å². The lowest BCUT2D eigenvalue weighted by molar-refractivity contribution is 0.0696. The maximum absolute atomic E-state index is 13.7. The van der Waals surface area contributed by atoms with Crippen molar-refractivity contribution in [1.82, 2.24) is 15.5 Å². The largest absolute Gasteiger partial charge is 0.478 e. The van der Waals surface area contributed by atoms with Crippen molar-refractivity contribution < 1.29 is 19.1 Å². The second-order valence-electron chi connectivity index (χ2n) is 4.35. The molecule has 8 heteroatoms. The van der Waals surface area contributed by atoms with Gasteiger partial charge in [-0.05, 0) is 25.1 Å². The van der Waals surface area contributed by atoms with Crippen LogP contribution in [0, 0.1) is 5.82 Å². The van der Waals surface area contributed by atoms with E-state index in [1.807, 2.05) is 0 Å². The number of nitrogens with zero attached hydrogens (tertiary/aromatic N) is 1. The third kappa shape index (κ3) is 3.56. The van der Waals surface area contributed by atoms with Gasteiger partial charge in [0.15, 0.2) is 0 Å². The predicted molar refractivity (Wildman–Crippen MR) is 72.5 cm³/mol. The number of hydrogen-bond donors (Lipinski definition) is 4. The van der Waals surface area contributed by atoms with Gasteiger partial charge in [0.05, 0.1) is 23.5 Å². The minimum atomic E-state index is -1.24. The van der Waals surface area contributed by atoms with Crippen LogP contribution in [-0.4, -0.2) is 27.3 Å². The summed E-state index contributed by atoms with van der Waals surface area (Å²) in [6.07, 6.45) is 3.19. The average molecular weight is 292 g/mol. The number of benzene rings is 1. The summed E-state index contributed by atoms with van der Waals surface area (Å²) >= 11 is 0. The average Bonchev–Trinajstić information content (AvgIpc) is 2.94. The van der Waals surface area contributed by atoms with Crippen LogP contribution in [0.1, 0.15) is 28.9 Å². The van der Waals surface area contributed by atoms with Gasteiger partial charge in [-0.1, -0.05) is 0 Å². The maximum Gasteiger partial charge on any atom is 0.335 e. The fourth-order valence-corrected chi connectivity index (χ4v) is 1.69.